The molecule has 4 rings (SSSR count). The van der Waals surface area contributed by atoms with E-state index in [1.165, 1.54) is 11.1 Å². The van der Waals surface area contributed by atoms with Gasteiger partial charge in [-0.15, -0.1) is 0 Å². The van der Waals surface area contributed by atoms with Crippen molar-refractivity contribution in [1.29, 1.82) is 0 Å². The lowest BCUT2D eigenvalue weighted by Gasteiger charge is -2.58. The van der Waals surface area contributed by atoms with E-state index in [-0.39, 0.29) is 35.4 Å². The average Bonchev–Trinajstić information content (AvgIpc) is 3.03. The Labute approximate surface area is 194 Å². The van der Waals surface area contributed by atoms with Gasteiger partial charge in [-0.2, -0.15) is 0 Å². The zero-order chi connectivity index (χ0) is 23.4. The van der Waals surface area contributed by atoms with Gasteiger partial charge in [0.25, 0.3) is 0 Å². The van der Waals surface area contributed by atoms with E-state index in [1.54, 1.807) is 0 Å². The summed E-state index contributed by atoms with van der Waals surface area (Å²) in [6, 6.07) is 0. The van der Waals surface area contributed by atoms with E-state index < -0.39 is 12.2 Å². The van der Waals surface area contributed by atoms with Crippen molar-refractivity contribution in [1.82, 2.24) is 0 Å². The zero-order valence-electron chi connectivity index (χ0n) is 20.8. The Morgan fingerprint density at radius 2 is 1.72 bits per heavy atom. The van der Waals surface area contributed by atoms with Crippen molar-refractivity contribution in [3.63, 3.8) is 0 Å². The summed E-state index contributed by atoms with van der Waals surface area (Å²) >= 11 is 0. The molecule has 0 amide bonds. The molecule has 4 N–H and O–H groups in total. The van der Waals surface area contributed by atoms with Crippen LogP contribution in [0.4, 0.5) is 0 Å². The van der Waals surface area contributed by atoms with Crippen LogP contribution in [-0.2, 0) is 0 Å². The molecular formula is C28H46O4. The van der Waals surface area contributed by atoms with Crippen LogP contribution in [0.15, 0.2) is 23.3 Å². The average molecular weight is 447 g/mol. The van der Waals surface area contributed by atoms with Crippen molar-refractivity contribution in [2.75, 3.05) is 6.61 Å². The number of fused-ring (bicyclic) bond motifs is 4. The molecule has 11 atom stereocenters. The highest BCUT2D eigenvalue weighted by molar-refractivity contribution is 5.38. The van der Waals surface area contributed by atoms with Crippen LogP contribution in [0.3, 0.4) is 0 Å². The summed E-state index contributed by atoms with van der Waals surface area (Å²) < 4.78 is 0. The minimum atomic E-state index is -0.416. The third kappa shape index (κ3) is 3.83. The lowest BCUT2D eigenvalue weighted by molar-refractivity contribution is -0.0965. The summed E-state index contributed by atoms with van der Waals surface area (Å²) in [5, 5.41) is 42.2. The fourth-order valence-electron chi connectivity index (χ4n) is 8.26. The number of hydrogen-bond acceptors (Lipinski definition) is 4. The lowest BCUT2D eigenvalue weighted by atomic mass is 9.48. The van der Waals surface area contributed by atoms with Crippen LogP contribution in [-0.4, -0.2) is 45.3 Å². The Bertz CT molecular complexity index is 759. The van der Waals surface area contributed by atoms with E-state index in [0.717, 1.165) is 32.1 Å². The first-order chi connectivity index (χ1) is 15.0. The molecule has 0 aromatic carbocycles. The Morgan fingerprint density at radius 1 is 1.00 bits per heavy atom. The maximum Gasteiger partial charge on any atom is 0.0761 e. The largest absolute Gasteiger partial charge is 0.396 e. The fourth-order valence-corrected chi connectivity index (χ4v) is 8.26. The van der Waals surface area contributed by atoms with Crippen molar-refractivity contribution < 1.29 is 20.4 Å². The summed E-state index contributed by atoms with van der Waals surface area (Å²) in [7, 11) is 0. The highest BCUT2D eigenvalue weighted by Crippen LogP contribution is 2.65. The monoisotopic (exact) mass is 446 g/mol. The topological polar surface area (TPSA) is 80.9 Å². The molecule has 4 aliphatic carbocycles. The van der Waals surface area contributed by atoms with Crippen LogP contribution in [0.5, 0.6) is 0 Å². The Morgan fingerprint density at radius 3 is 2.41 bits per heavy atom. The maximum absolute atomic E-state index is 11.3. The number of aliphatic hydroxyl groups is 4. The van der Waals surface area contributed by atoms with E-state index in [2.05, 4.69) is 46.8 Å². The van der Waals surface area contributed by atoms with Gasteiger partial charge >= 0.3 is 0 Å². The first-order valence-corrected chi connectivity index (χ1v) is 13.1. The Hall–Kier alpha value is -0.680. The summed E-state index contributed by atoms with van der Waals surface area (Å²) in [4.78, 5) is 0. The minimum absolute atomic E-state index is 0.0159. The zero-order valence-corrected chi connectivity index (χ0v) is 20.8. The van der Waals surface area contributed by atoms with Crippen molar-refractivity contribution >= 4 is 0 Å². The number of aliphatic hydroxyl groups excluding tert-OH is 4. The molecule has 4 heteroatoms. The lowest BCUT2D eigenvalue weighted by Crippen LogP contribution is -2.53. The summed E-state index contributed by atoms with van der Waals surface area (Å²) in [6.07, 6.45) is 9.66. The van der Waals surface area contributed by atoms with Gasteiger partial charge in [0.05, 0.1) is 18.3 Å². The molecule has 0 aromatic heterocycles. The molecule has 0 spiro atoms. The van der Waals surface area contributed by atoms with Gasteiger partial charge in [-0.25, -0.2) is 0 Å². The van der Waals surface area contributed by atoms with Gasteiger partial charge in [-0.3, -0.25) is 0 Å². The number of hydrogen-bond donors (Lipinski definition) is 4. The first kappa shape index (κ1) is 24.4. The molecule has 182 valence electrons. The van der Waals surface area contributed by atoms with Gasteiger partial charge < -0.3 is 20.4 Å². The third-order valence-corrected chi connectivity index (χ3v) is 10.6. The molecule has 0 heterocycles. The van der Waals surface area contributed by atoms with E-state index in [4.69, 9.17) is 0 Å². The highest BCUT2D eigenvalue weighted by Gasteiger charge is 2.59. The third-order valence-electron chi connectivity index (χ3n) is 10.6. The molecule has 0 radical (unpaired) electrons. The van der Waals surface area contributed by atoms with Crippen molar-refractivity contribution in [2.45, 2.75) is 97.9 Å². The van der Waals surface area contributed by atoms with Crippen LogP contribution < -0.4 is 0 Å². The smallest absolute Gasteiger partial charge is 0.0761 e. The molecule has 0 aromatic rings. The van der Waals surface area contributed by atoms with Crippen LogP contribution in [0.2, 0.25) is 0 Å². The summed E-state index contributed by atoms with van der Waals surface area (Å²) in [5.74, 6) is 1.93. The molecule has 32 heavy (non-hydrogen) atoms. The second-order valence-electron chi connectivity index (χ2n) is 12.4. The molecular weight excluding hydrogens is 400 g/mol. The number of allylic oxidation sites excluding steroid dienone is 2. The first-order valence-electron chi connectivity index (χ1n) is 13.1. The SMILES string of the molecule is C[C@H](C=C[C@@H](C)[C@H]1C[C@@H](O)C2=C3C[C@H](O)[C@H]4C[C@@H](O)CC[C@]4(C)[C@H]3CC[C@@]21C)[C@H](C)CO. The standard InChI is InChI=1S/C28H46O4/c1-16(18(3)15-29)6-7-17(2)22-14-25(32)26-20-13-24(31)23-12-19(30)8-10-27(23,4)21(20)9-11-28(22,26)5/h6-7,16-19,21-25,29-32H,8-15H2,1-5H3/t16-,17-,18-,19+,21+,22-,23-,24+,25-,27-,28-/m1/s1. The van der Waals surface area contributed by atoms with Crippen molar-refractivity contribution in [2.24, 2.45) is 46.3 Å². The minimum Gasteiger partial charge on any atom is -0.396 e. The summed E-state index contributed by atoms with van der Waals surface area (Å²) in [6.45, 7) is 11.4. The number of rotatable bonds is 5. The van der Waals surface area contributed by atoms with Crippen LogP contribution >= 0.6 is 0 Å². The molecule has 0 aliphatic heterocycles. The van der Waals surface area contributed by atoms with Crippen molar-refractivity contribution in [3.05, 3.63) is 23.3 Å². The van der Waals surface area contributed by atoms with Crippen LogP contribution in [0.1, 0.15) is 79.6 Å². The quantitative estimate of drug-likeness (QED) is 0.470. The van der Waals surface area contributed by atoms with E-state index in [0.29, 0.717) is 36.5 Å². The van der Waals surface area contributed by atoms with Gasteiger partial charge in [0.2, 0.25) is 0 Å². The molecule has 3 saturated carbocycles. The second-order valence-corrected chi connectivity index (χ2v) is 12.4. The molecule has 0 saturated heterocycles. The van der Waals surface area contributed by atoms with Gasteiger partial charge in [-0.05, 0) is 96.9 Å². The molecule has 3 fully saturated rings. The maximum atomic E-state index is 11.3. The van der Waals surface area contributed by atoms with E-state index in [1.807, 2.05) is 0 Å². The molecule has 4 nitrogen and oxygen atoms in total. The normalized spacial score (nSPS) is 47.0. The van der Waals surface area contributed by atoms with E-state index >= 15 is 0 Å². The van der Waals surface area contributed by atoms with Crippen LogP contribution in [0, 0.1) is 46.3 Å². The van der Waals surface area contributed by atoms with Gasteiger partial charge in [0.1, 0.15) is 0 Å². The molecule has 0 bridgehead atoms. The van der Waals surface area contributed by atoms with Gasteiger partial charge in [0, 0.05) is 6.61 Å². The Kier molecular flexibility index (Phi) is 6.75. The van der Waals surface area contributed by atoms with Crippen LogP contribution in [0.25, 0.3) is 0 Å². The predicted octanol–water partition coefficient (Wildman–Crippen LogP) is 4.47. The Balaban J connectivity index is 1.63. The predicted molar refractivity (Wildman–Crippen MR) is 128 cm³/mol. The van der Waals surface area contributed by atoms with Gasteiger partial charge in [0.15, 0.2) is 0 Å². The molecule has 4 aliphatic rings. The van der Waals surface area contributed by atoms with Gasteiger partial charge in [-0.1, -0.05) is 52.3 Å². The summed E-state index contributed by atoms with van der Waals surface area (Å²) in [5.41, 5.74) is 2.62. The second kappa shape index (κ2) is 8.83. The molecule has 0 unspecified atom stereocenters. The highest BCUT2D eigenvalue weighted by atomic mass is 16.3. The van der Waals surface area contributed by atoms with Crippen molar-refractivity contribution in [3.8, 4) is 0 Å². The van der Waals surface area contributed by atoms with E-state index in [9.17, 15) is 20.4 Å². The fraction of sp³-hybridized carbons (Fsp3) is 0.857.